The largest absolute Gasteiger partial charge is 0.478 e. The third kappa shape index (κ3) is 6.35. The summed E-state index contributed by atoms with van der Waals surface area (Å²) < 4.78 is 16.0. The number of hydrogen-bond acceptors (Lipinski definition) is 6. The number of anilines is 2. The number of benzene rings is 3. The normalized spacial score (nSPS) is 16.3. The van der Waals surface area contributed by atoms with Gasteiger partial charge in [-0.05, 0) is 72.9 Å². The van der Waals surface area contributed by atoms with Crippen molar-refractivity contribution in [3.63, 3.8) is 0 Å². The average molecular weight is 673 g/mol. The smallest absolute Gasteiger partial charge is 0.335 e. The molecule has 4 aromatic rings. The molecule has 3 amide bonds. The van der Waals surface area contributed by atoms with E-state index in [-0.39, 0.29) is 40.2 Å². The van der Waals surface area contributed by atoms with Crippen molar-refractivity contribution >= 4 is 46.7 Å². The number of piperidine rings is 1. The van der Waals surface area contributed by atoms with Gasteiger partial charge in [-0.25, -0.2) is 13.9 Å². The first-order valence-corrected chi connectivity index (χ1v) is 15.9. The molecule has 0 bridgehead atoms. The number of nitrogens with one attached hydrogen (secondary N) is 1. The number of aromatic nitrogens is 2. The monoisotopic (exact) mass is 672 g/mol. The highest BCUT2D eigenvalue weighted by atomic mass is 35.5. The number of fused-ring (bicyclic) bond motifs is 1. The molecule has 1 fully saturated rings. The molecule has 248 valence electrons. The SMILES string of the molecule is CN(C)C(=O)C1CCN(c2cccc3c2CCN(C(=O)c2cnn(-c4cccc(Cl)c4F)c2)C3C(=O)Nc2ccc(C(=O)O)cc2)CC1. The van der Waals surface area contributed by atoms with Crippen LogP contribution in [0.15, 0.2) is 73.1 Å². The van der Waals surface area contributed by atoms with Gasteiger partial charge in [-0.15, -0.1) is 0 Å². The molecule has 0 aliphatic carbocycles. The summed E-state index contributed by atoms with van der Waals surface area (Å²) in [5.74, 6) is -2.64. The Balaban J connectivity index is 1.32. The summed E-state index contributed by atoms with van der Waals surface area (Å²) in [6, 6.07) is 14.9. The second-order valence-electron chi connectivity index (χ2n) is 12.1. The summed E-state index contributed by atoms with van der Waals surface area (Å²) in [6.07, 6.45) is 4.62. The van der Waals surface area contributed by atoms with E-state index in [0.29, 0.717) is 43.6 Å². The van der Waals surface area contributed by atoms with Crippen LogP contribution in [0, 0.1) is 11.7 Å². The Labute approximate surface area is 281 Å². The maximum atomic E-state index is 14.8. The Morgan fingerprint density at radius 2 is 1.62 bits per heavy atom. The quantitative estimate of drug-likeness (QED) is 0.281. The predicted octanol–water partition coefficient (Wildman–Crippen LogP) is 5.05. The fourth-order valence-electron chi connectivity index (χ4n) is 6.49. The lowest BCUT2D eigenvalue weighted by atomic mass is 9.88. The molecule has 1 aromatic heterocycles. The maximum Gasteiger partial charge on any atom is 0.335 e. The summed E-state index contributed by atoms with van der Waals surface area (Å²) in [7, 11) is 3.53. The summed E-state index contributed by atoms with van der Waals surface area (Å²) in [4.78, 5) is 57.5. The van der Waals surface area contributed by atoms with Crippen LogP contribution in [0.5, 0.6) is 0 Å². The third-order valence-corrected chi connectivity index (χ3v) is 9.23. The van der Waals surface area contributed by atoms with E-state index in [1.54, 1.807) is 25.1 Å². The molecule has 2 aliphatic rings. The minimum atomic E-state index is -1.09. The lowest BCUT2D eigenvalue weighted by Crippen LogP contribution is -2.46. The summed E-state index contributed by atoms with van der Waals surface area (Å²) in [5, 5.41) is 16.3. The lowest BCUT2D eigenvalue weighted by Gasteiger charge is -2.40. The van der Waals surface area contributed by atoms with E-state index in [9.17, 15) is 28.7 Å². The number of rotatable bonds is 7. The van der Waals surface area contributed by atoms with Gasteiger partial charge >= 0.3 is 5.97 Å². The molecule has 11 nitrogen and oxygen atoms in total. The van der Waals surface area contributed by atoms with Crippen LogP contribution in [0.1, 0.15) is 50.7 Å². The molecule has 1 unspecified atom stereocenters. The topological polar surface area (TPSA) is 128 Å². The number of carbonyl (C=O) groups excluding carboxylic acids is 3. The van der Waals surface area contributed by atoms with E-state index in [1.165, 1.54) is 58.4 Å². The van der Waals surface area contributed by atoms with Crippen LogP contribution in [0.25, 0.3) is 5.69 Å². The highest BCUT2D eigenvalue weighted by molar-refractivity contribution is 6.30. The fraction of sp³-hybridized carbons (Fsp3) is 0.286. The van der Waals surface area contributed by atoms with Gasteiger partial charge in [-0.2, -0.15) is 5.10 Å². The van der Waals surface area contributed by atoms with Gasteiger partial charge in [-0.1, -0.05) is 29.8 Å². The first-order valence-electron chi connectivity index (χ1n) is 15.6. The van der Waals surface area contributed by atoms with Crippen molar-refractivity contribution in [3.05, 3.63) is 106 Å². The lowest BCUT2D eigenvalue weighted by molar-refractivity contribution is -0.133. The molecular formula is C35H34ClFN6O5. The molecule has 3 heterocycles. The maximum absolute atomic E-state index is 14.8. The minimum absolute atomic E-state index is 0.0451. The Bertz CT molecular complexity index is 1890. The van der Waals surface area contributed by atoms with E-state index in [2.05, 4.69) is 15.3 Å². The van der Waals surface area contributed by atoms with Gasteiger partial charge in [0, 0.05) is 57.2 Å². The highest BCUT2D eigenvalue weighted by Gasteiger charge is 2.39. The molecule has 0 saturated carbocycles. The van der Waals surface area contributed by atoms with Crippen LogP contribution >= 0.6 is 11.6 Å². The van der Waals surface area contributed by atoms with Gasteiger partial charge in [-0.3, -0.25) is 14.4 Å². The zero-order valence-corrected chi connectivity index (χ0v) is 27.2. The van der Waals surface area contributed by atoms with Gasteiger partial charge in [0.25, 0.3) is 11.8 Å². The number of carboxylic acid groups (broad SMARTS) is 1. The van der Waals surface area contributed by atoms with Gasteiger partial charge in [0.05, 0.1) is 22.3 Å². The zero-order chi connectivity index (χ0) is 34.1. The number of carboxylic acids is 1. The summed E-state index contributed by atoms with van der Waals surface area (Å²) in [6.45, 7) is 1.57. The van der Waals surface area contributed by atoms with Gasteiger partial charge in [0.2, 0.25) is 5.91 Å². The van der Waals surface area contributed by atoms with Crippen molar-refractivity contribution in [2.24, 2.45) is 5.92 Å². The number of halogens is 2. The van der Waals surface area contributed by atoms with Gasteiger partial charge in [0.15, 0.2) is 5.82 Å². The van der Waals surface area contributed by atoms with Crippen molar-refractivity contribution in [2.45, 2.75) is 25.3 Å². The van der Waals surface area contributed by atoms with Crippen molar-refractivity contribution in [1.82, 2.24) is 19.6 Å². The summed E-state index contributed by atoms with van der Waals surface area (Å²) in [5.41, 5.74) is 3.24. The summed E-state index contributed by atoms with van der Waals surface area (Å²) >= 11 is 5.96. The zero-order valence-electron chi connectivity index (χ0n) is 26.4. The molecule has 0 spiro atoms. The number of nitrogens with zero attached hydrogens (tertiary/aromatic N) is 5. The van der Waals surface area contributed by atoms with Gasteiger partial charge < -0.3 is 25.1 Å². The van der Waals surface area contributed by atoms with Crippen molar-refractivity contribution in [2.75, 3.05) is 43.9 Å². The molecule has 2 aliphatic heterocycles. The number of aromatic carboxylic acids is 1. The molecule has 6 rings (SSSR count). The first kappa shape index (κ1) is 32.7. The average Bonchev–Trinajstić information content (AvgIpc) is 3.58. The second kappa shape index (κ2) is 13.5. The van der Waals surface area contributed by atoms with Crippen LogP contribution < -0.4 is 10.2 Å². The van der Waals surface area contributed by atoms with Crippen LogP contribution in [0.2, 0.25) is 5.02 Å². The Kier molecular flexibility index (Phi) is 9.18. The van der Waals surface area contributed by atoms with E-state index in [4.69, 9.17) is 11.6 Å². The number of amides is 3. The predicted molar refractivity (Wildman–Crippen MR) is 178 cm³/mol. The standard InChI is InChI=1S/C35H34ClFN6O5/c1-40(2)33(45)21-13-16-41(17-14-21)28-7-3-5-26-25(28)15-18-42(31(26)32(44)39-24-11-9-22(10-12-24)35(47)48)34(46)23-19-38-43(20-23)29-8-4-6-27(36)30(29)37/h3-12,19-21,31H,13-18H2,1-2H3,(H,39,44)(H,47,48). The van der Waals surface area contributed by atoms with E-state index in [0.717, 1.165) is 11.3 Å². The Hall–Kier alpha value is -5.23. The Morgan fingerprint density at radius 1 is 0.938 bits per heavy atom. The minimum Gasteiger partial charge on any atom is -0.478 e. The molecule has 1 saturated heterocycles. The van der Waals surface area contributed by atoms with E-state index < -0.39 is 29.6 Å². The highest BCUT2D eigenvalue weighted by Crippen LogP contribution is 2.38. The van der Waals surface area contributed by atoms with E-state index >= 15 is 0 Å². The van der Waals surface area contributed by atoms with Crippen LogP contribution in [0.4, 0.5) is 15.8 Å². The van der Waals surface area contributed by atoms with Crippen LogP contribution in [0.3, 0.4) is 0 Å². The van der Waals surface area contributed by atoms with E-state index in [1.807, 2.05) is 18.2 Å². The van der Waals surface area contributed by atoms with Crippen LogP contribution in [-0.4, -0.2) is 82.1 Å². The van der Waals surface area contributed by atoms with Crippen LogP contribution in [-0.2, 0) is 16.0 Å². The molecule has 13 heteroatoms. The molecule has 3 aromatic carbocycles. The molecular weight excluding hydrogens is 639 g/mol. The first-order chi connectivity index (χ1) is 23.0. The van der Waals surface area contributed by atoms with Crippen molar-refractivity contribution in [1.29, 1.82) is 0 Å². The molecule has 48 heavy (non-hydrogen) atoms. The number of hydrogen-bond donors (Lipinski definition) is 2. The van der Waals surface area contributed by atoms with Gasteiger partial charge in [0.1, 0.15) is 11.7 Å². The number of carbonyl (C=O) groups is 4. The Morgan fingerprint density at radius 3 is 2.31 bits per heavy atom. The molecule has 0 radical (unpaired) electrons. The fourth-order valence-corrected chi connectivity index (χ4v) is 6.66. The molecule has 1 atom stereocenters. The van der Waals surface area contributed by atoms with Crippen molar-refractivity contribution in [3.8, 4) is 5.69 Å². The second-order valence-corrected chi connectivity index (χ2v) is 12.5. The molecule has 2 N–H and O–H groups in total. The van der Waals surface area contributed by atoms with Crippen molar-refractivity contribution < 1.29 is 28.7 Å². The third-order valence-electron chi connectivity index (χ3n) is 8.94.